The average Bonchev–Trinajstić information content (AvgIpc) is 3.55. The lowest BCUT2D eigenvalue weighted by Gasteiger charge is -2.30. The van der Waals surface area contributed by atoms with Gasteiger partial charge in [0.2, 0.25) is 5.91 Å². The highest BCUT2D eigenvalue weighted by Crippen LogP contribution is 2.53. The molecule has 2 aliphatic carbocycles. The summed E-state index contributed by atoms with van der Waals surface area (Å²) in [5, 5.41) is 12.1. The number of thiophene rings is 1. The van der Waals surface area contributed by atoms with Crippen LogP contribution in [0.3, 0.4) is 0 Å². The maximum Gasteiger partial charge on any atom is 0.233 e. The smallest absolute Gasteiger partial charge is 0.233 e. The third-order valence-electron chi connectivity index (χ3n) is 6.91. The highest BCUT2D eigenvalue weighted by Gasteiger charge is 2.43. The van der Waals surface area contributed by atoms with E-state index >= 15 is 0 Å². The minimum atomic E-state index is 0.165. The highest BCUT2D eigenvalue weighted by atomic mass is 32.2. The van der Waals surface area contributed by atoms with Crippen molar-refractivity contribution in [3.05, 3.63) is 17.5 Å². The molecule has 8 heteroatoms. The van der Waals surface area contributed by atoms with Crippen LogP contribution in [0.5, 0.6) is 0 Å². The molecule has 2 aromatic heterocycles. The largest absolute Gasteiger partial charge is 0.378 e. The Balaban J connectivity index is 1.37. The van der Waals surface area contributed by atoms with Gasteiger partial charge in [0.1, 0.15) is 0 Å². The van der Waals surface area contributed by atoms with Crippen molar-refractivity contribution in [1.82, 2.24) is 19.7 Å². The third-order valence-corrected chi connectivity index (χ3v) is 8.71. The van der Waals surface area contributed by atoms with Crippen LogP contribution in [0, 0.1) is 17.8 Å². The van der Waals surface area contributed by atoms with E-state index in [0.717, 1.165) is 27.7 Å². The fourth-order valence-electron chi connectivity index (χ4n) is 5.42. The second-order valence-corrected chi connectivity index (χ2v) is 10.4. The van der Waals surface area contributed by atoms with Gasteiger partial charge in [0, 0.05) is 19.1 Å². The molecule has 0 N–H and O–H groups in total. The summed E-state index contributed by atoms with van der Waals surface area (Å²) in [4.78, 5) is 15.7. The average molecular weight is 433 g/mol. The Hall–Kier alpha value is -1.38. The molecule has 2 saturated carbocycles. The van der Waals surface area contributed by atoms with Crippen molar-refractivity contribution in [1.29, 1.82) is 0 Å². The van der Waals surface area contributed by atoms with Gasteiger partial charge in [0.25, 0.3) is 0 Å². The molecule has 4 atom stereocenters. The van der Waals surface area contributed by atoms with Gasteiger partial charge >= 0.3 is 0 Å². The third kappa shape index (κ3) is 3.86. The molecule has 0 radical (unpaired) electrons. The zero-order valence-electron chi connectivity index (χ0n) is 16.8. The summed E-state index contributed by atoms with van der Waals surface area (Å²) in [5.41, 5.74) is 0. The monoisotopic (exact) mass is 432 g/mol. The molecular weight excluding hydrogens is 404 g/mol. The van der Waals surface area contributed by atoms with Gasteiger partial charge in [-0.1, -0.05) is 24.2 Å². The Bertz CT molecular complexity index is 847. The van der Waals surface area contributed by atoms with Crippen LogP contribution in [0.2, 0.25) is 0 Å². The van der Waals surface area contributed by atoms with E-state index < -0.39 is 0 Å². The summed E-state index contributed by atoms with van der Waals surface area (Å²) in [6, 6.07) is 4.54. The van der Waals surface area contributed by atoms with Crippen LogP contribution >= 0.6 is 23.1 Å². The first-order valence-electron chi connectivity index (χ1n) is 10.7. The first kappa shape index (κ1) is 19.6. The Morgan fingerprint density at radius 2 is 2.17 bits per heavy atom. The van der Waals surface area contributed by atoms with E-state index in [2.05, 4.69) is 39.2 Å². The number of nitrogens with zero attached hydrogens (tertiary/aromatic N) is 4. The molecule has 2 aromatic rings. The highest BCUT2D eigenvalue weighted by molar-refractivity contribution is 7.99. The Morgan fingerprint density at radius 3 is 2.86 bits per heavy atom. The van der Waals surface area contributed by atoms with Crippen LogP contribution < -0.4 is 0 Å². The van der Waals surface area contributed by atoms with E-state index in [1.807, 2.05) is 4.90 Å². The van der Waals surface area contributed by atoms with Crippen molar-refractivity contribution in [2.24, 2.45) is 17.8 Å². The van der Waals surface area contributed by atoms with Crippen LogP contribution in [0.4, 0.5) is 0 Å². The minimum absolute atomic E-state index is 0.165. The van der Waals surface area contributed by atoms with E-state index in [1.165, 1.54) is 37.4 Å². The van der Waals surface area contributed by atoms with Gasteiger partial charge in [-0.15, -0.1) is 21.5 Å². The number of aromatic nitrogens is 3. The molecule has 5 rings (SSSR count). The first-order chi connectivity index (χ1) is 14.2. The molecule has 0 aromatic carbocycles. The Morgan fingerprint density at radius 1 is 1.31 bits per heavy atom. The number of morpholine rings is 1. The molecule has 3 fully saturated rings. The summed E-state index contributed by atoms with van der Waals surface area (Å²) >= 11 is 3.24. The maximum absolute atomic E-state index is 12.6. The molecule has 156 valence electrons. The standard InChI is InChI=1S/C21H28N4O2S2/c1-14(17-12-15-4-5-16(17)11-15)25-20(18-3-2-10-28-18)22-23-21(25)29-13-19(26)24-6-8-27-9-7-24/h2-3,10,14-17H,4-9,11-13H2,1H3. The quantitative estimate of drug-likeness (QED) is 0.647. The summed E-state index contributed by atoms with van der Waals surface area (Å²) < 4.78 is 7.69. The van der Waals surface area contributed by atoms with Crippen molar-refractivity contribution in [2.45, 2.75) is 43.8 Å². The zero-order chi connectivity index (χ0) is 19.8. The van der Waals surface area contributed by atoms with E-state index in [1.54, 1.807) is 11.3 Å². The van der Waals surface area contributed by atoms with E-state index in [0.29, 0.717) is 44.0 Å². The number of carbonyl (C=O) groups excluding carboxylic acids is 1. The van der Waals surface area contributed by atoms with Crippen molar-refractivity contribution < 1.29 is 9.53 Å². The molecule has 6 nitrogen and oxygen atoms in total. The predicted molar refractivity (Wildman–Crippen MR) is 115 cm³/mol. The normalized spacial score (nSPS) is 27.5. The number of amides is 1. The van der Waals surface area contributed by atoms with E-state index in [9.17, 15) is 4.79 Å². The van der Waals surface area contributed by atoms with Crippen molar-refractivity contribution in [3.63, 3.8) is 0 Å². The fraction of sp³-hybridized carbons (Fsp3) is 0.667. The first-order valence-corrected chi connectivity index (χ1v) is 12.5. The lowest BCUT2D eigenvalue weighted by atomic mass is 9.84. The van der Waals surface area contributed by atoms with Gasteiger partial charge in [-0.05, 0) is 55.4 Å². The minimum Gasteiger partial charge on any atom is -0.378 e. The van der Waals surface area contributed by atoms with Gasteiger partial charge in [0.05, 0.1) is 23.8 Å². The molecule has 1 aliphatic heterocycles. The Kier molecular flexibility index (Phi) is 5.67. The molecule has 3 aliphatic rings. The van der Waals surface area contributed by atoms with Gasteiger partial charge in [0.15, 0.2) is 11.0 Å². The molecule has 0 spiro atoms. The molecule has 1 saturated heterocycles. The molecular formula is C21H28N4O2S2. The second-order valence-electron chi connectivity index (χ2n) is 8.51. The number of rotatable bonds is 6. The van der Waals surface area contributed by atoms with E-state index in [4.69, 9.17) is 4.74 Å². The zero-order valence-corrected chi connectivity index (χ0v) is 18.5. The van der Waals surface area contributed by atoms with Crippen molar-refractivity contribution in [2.75, 3.05) is 32.1 Å². The van der Waals surface area contributed by atoms with Gasteiger partial charge in [-0.3, -0.25) is 9.36 Å². The number of hydrogen-bond donors (Lipinski definition) is 0. The molecule has 1 amide bonds. The summed E-state index contributed by atoms with van der Waals surface area (Å²) in [5.74, 6) is 3.97. The molecule has 2 bridgehead atoms. The summed E-state index contributed by atoms with van der Waals surface area (Å²) in [6.45, 7) is 4.98. The second kappa shape index (κ2) is 8.40. The number of carbonyl (C=O) groups is 1. The summed E-state index contributed by atoms with van der Waals surface area (Å²) in [6.07, 6.45) is 5.49. The molecule has 4 unspecified atom stereocenters. The lowest BCUT2D eigenvalue weighted by Crippen LogP contribution is -2.41. The topological polar surface area (TPSA) is 60.2 Å². The van der Waals surface area contributed by atoms with Crippen molar-refractivity contribution >= 4 is 29.0 Å². The van der Waals surface area contributed by atoms with E-state index in [-0.39, 0.29) is 5.91 Å². The summed E-state index contributed by atoms with van der Waals surface area (Å²) in [7, 11) is 0. The van der Waals surface area contributed by atoms with Gasteiger partial charge < -0.3 is 9.64 Å². The Labute approximate surface area is 180 Å². The van der Waals surface area contributed by atoms with Crippen LogP contribution in [0.25, 0.3) is 10.7 Å². The number of thioether (sulfide) groups is 1. The van der Waals surface area contributed by atoms with Gasteiger partial charge in [-0.25, -0.2) is 0 Å². The van der Waals surface area contributed by atoms with Crippen LogP contribution in [-0.2, 0) is 9.53 Å². The molecule has 29 heavy (non-hydrogen) atoms. The van der Waals surface area contributed by atoms with Crippen molar-refractivity contribution in [3.8, 4) is 10.7 Å². The SMILES string of the molecule is CC(C1CC2CCC1C2)n1c(SCC(=O)N2CCOCC2)nnc1-c1cccs1. The number of ether oxygens (including phenoxy) is 1. The fourth-order valence-corrected chi connectivity index (χ4v) is 7.05. The lowest BCUT2D eigenvalue weighted by molar-refractivity contribution is -0.132. The maximum atomic E-state index is 12.6. The van der Waals surface area contributed by atoms with Crippen LogP contribution in [-0.4, -0.2) is 57.6 Å². The van der Waals surface area contributed by atoms with Gasteiger partial charge in [-0.2, -0.15) is 0 Å². The number of hydrogen-bond acceptors (Lipinski definition) is 6. The molecule has 3 heterocycles. The predicted octanol–water partition coefficient (Wildman–Crippen LogP) is 3.95. The number of fused-ring (bicyclic) bond motifs is 2. The van der Waals surface area contributed by atoms with Crippen LogP contribution in [0.15, 0.2) is 22.7 Å². The van der Waals surface area contributed by atoms with Crippen LogP contribution in [0.1, 0.15) is 38.6 Å².